The first-order chi connectivity index (χ1) is 9.61. The van der Waals surface area contributed by atoms with Crippen molar-refractivity contribution >= 4 is 44.6 Å². The van der Waals surface area contributed by atoms with E-state index in [-0.39, 0.29) is 12.5 Å². The molecule has 0 atom stereocenters. The molecule has 2 aromatic carbocycles. The molecule has 1 heterocycles. The molecule has 0 unspecified atom stereocenters. The number of carbonyl (C=O) groups excluding carboxylic acids is 1. The standard InChI is InChI=1S/C14H12BrN3O2/c15-8-2-1-3-9(4-8)17-11-6-12-13(5-10(11)16)20-7-14(19)18-12/h1-6,17H,7,16H2,(H,18,19). The second-order valence-corrected chi connectivity index (χ2v) is 5.32. The van der Waals surface area contributed by atoms with E-state index in [1.165, 1.54) is 0 Å². The molecule has 1 aliphatic rings. The number of fused-ring (bicyclic) bond motifs is 1. The summed E-state index contributed by atoms with van der Waals surface area (Å²) < 4.78 is 6.28. The van der Waals surface area contributed by atoms with Gasteiger partial charge >= 0.3 is 0 Å². The molecule has 0 fully saturated rings. The molecular formula is C14H12BrN3O2. The van der Waals surface area contributed by atoms with Gasteiger partial charge in [0.25, 0.3) is 5.91 Å². The van der Waals surface area contributed by atoms with E-state index in [1.807, 2.05) is 24.3 Å². The van der Waals surface area contributed by atoms with Gasteiger partial charge < -0.3 is 21.1 Å². The van der Waals surface area contributed by atoms with E-state index in [0.717, 1.165) is 10.2 Å². The maximum atomic E-state index is 11.3. The van der Waals surface area contributed by atoms with Crippen molar-refractivity contribution in [2.24, 2.45) is 0 Å². The number of amides is 1. The summed E-state index contributed by atoms with van der Waals surface area (Å²) in [5.74, 6) is 0.414. The Kier molecular flexibility index (Phi) is 3.23. The van der Waals surface area contributed by atoms with Crippen molar-refractivity contribution in [2.75, 3.05) is 23.0 Å². The van der Waals surface area contributed by atoms with Gasteiger partial charge in [-0.25, -0.2) is 0 Å². The van der Waals surface area contributed by atoms with Crippen LogP contribution in [0, 0.1) is 0 Å². The molecule has 0 saturated heterocycles. The van der Waals surface area contributed by atoms with Gasteiger partial charge in [-0.3, -0.25) is 4.79 Å². The summed E-state index contributed by atoms with van der Waals surface area (Å²) in [6.45, 7) is 0.0187. The molecule has 1 aliphatic heterocycles. The van der Waals surface area contributed by atoms with Crippen molar-refractivity contribution in [1.82, 2.24) is 0 Å². The number of nitrogen functional groups attached to an aromatic ring is 1. The predicted molar refractivity (Wildman–Crippen MR) is 82.4 cm³/mol. The molecular weight excluding hydrogens is 322 g/mol. The monoisotopic (exact) mass is 333 g/mol. The van der Waals surface area contributed by atoms with E-state index in [1.54, 1.807) is 12.1 Å². The molecule has 0 aromatic heterocycles. The number of anilines is 4. The zero-order chi connectivity index (χ0) is 14.1. The molecule has 6 heteroatoms. The Balaban J connectivity index is 1.94. The summed E-state index contributed by atoms with van der Waals surface area (Å²) in [5, 5.41) is 5.97. The molecule has 0 bridgehead atoms. The summed E-state index contributed by atoms with van der Waals surface area (Å²) >= 11 is 3.41. The Morgan fingerprint density at radius 1 is 1.30 bits per heavy atom. The Labute approximate surface area is 124 Å². The maximum absolute atomic E-state index is 11.3. The molecule has 20 heavy (non-hydrogen) atoms. The van der Waals surface area contributed by atoms with Gasteiger partial charge in [0.2, 0.25) is 0 Å². The fourth-order valence-electron chi connectivity index (χ4n) is 1.97. The van der Waals surface area contributed by atoms with Crippen molar-refractivity contribution in [3.05, 3.63) is 40.9 Å². The Morgan fingerprint density at radius 2 is 2.15 bits per heavy atom. The predicted octanol–water partition coefficient (Wildman–Crippen LogP) is 3.11. The van der Waals surface area contributed by atoms with Crippen LogP contribution in [0.25, 0.3) is 0 Å². The smallest absolute Gasteiger partial charge is 0.262 e. The maximum Gasteiger partial charge on any atom is 0.262 e. The lowest BCUT2D eigenvalue weighted by Crippen LogP contribution is -2.25. The van der Waals surface area contributed by atoms with Crippen LogP contribution in [0.2, 0.25) is 0 Å². The minimum Gasteiger partial charge on any atom is -0.482 e. The van der Waals surface area contributed by atoms with Crippen molar-refractivity contribution in [3.63, 3.8) is 0 Å². The van der Waals surface area contributed by atoms with Gasteiger partial charge in [0, 0.05) is 16.2 Å². The lowest BCUT2D eigenvalue weighted by atomic mass is 10.2. The number of benzene rings is 2. The second-order valence-electron chi connectivity index (χ2n) is 4.41. The number of nitrogens with two attached hydrogens (primary N) is 1. The summed E-state index contributed by atoms with van der Waals surface area (Å²) in [5.41, 5.74) is 8.78. The molecule has 5 nitrogen and oxygen atoms in total. The van der Waals surface area contributed by atoms with Crippen molar-refractivity contribution in [3.8, 4) is 5.75 Å². The number of halogens is 1. The first kappa shape index (κ1) is 12.8. The van der Waals surface area contributed by atoms with Crippen molar-refractivity contribution in [1.29, 1.82) is 0 Å². The Bertz CT molecular complexity index is 688. The lowest BCUT2D eigenvalue weighted by molar-refractivity contribution is -0.118. The van der Waals surface area contributed by atoms with Crippen LogP contribution in [-0.4, -0.2) is 12.5 Å². The van der Waals surface area contributed by atoms with E-state index in [2.05, 4.69) is 26.6 Å². The number of ether oxygens (including phenoxy) is 1. The van der Waals surface area contributed by atoms with Crippen LogP contribution < -0.4 is 21.1 Å². The lowest BCUT2D eigenvalue weighted by Gasteiger charge is -2.20. The molecule has 102 valence electrons. The third-order valence-electron chi connectivity index (χ3n) is 2.89. The zero-order valence-corrected chi connectivity index (χ0v) is 12.0. The van der Waals surface area contributed by atoms with Crippen LogP contribution in [0.3, 0.4) is 0 Å². The van der Waals surface area contributed by atoms with E-state index < -0.39 is 0 Å². The van der Waals surface area contributed by atoms with Gasteiger partial charge in [-0.2, -0.15) is 0 Å². The number of carbonyl (C=O) groups is 1. The summed E-state index contributed by atoms with van der Waals surface area (Å²) in [4.78, 5) is 11.3. The van der Waals surface area contributed by atoms with Crippen LogP contribution in [0.5, 0.6) is 5.75 Å². The highest BCUT2D eigenvalue weighted by atomic mass is 79.9. The molecule has 1 amide bonds. The minimum absolute atomic E-state index is 0.0187. The van der Waals surface area contributed by atoms with Crippen LogP contribution in [0.15, 0.2) is 40.9 Å². The average molecular weight is 334 g/mol. The van der Waals surface area contributed by atoms with Gasteiger partial charge in [-0.05, 0) is 24.3 Å². The SMILES string of the molecule is Nc1cc2c(cc1Nc1cccc(Br)c1)NC(=O)CO2. The number of hydrogen-bond donors (Lipinski definition) is 3. The second kappa shape index (κ2) is 5.05. The molecule has 0 aliphatic carbocycles. The summed E-state index contributed by atoms with van der Waals surface area (Å²) in [7, 11) is 0. The molecule has 2 aromatic rings. The molecule has 0 spiro atoms. The first-order valence-electron chi connectivity index (χ1n) is 6.00. The fourth-order valence-corrected chi connectivity index (χ4v) is 2.37. The van der Waals surface area contributed by atoms with Gasteiger partial charge in [0.05, 0.1) is 17.1 Å². The summed E-state index contributed by atoms with van der Waals surface area (Å²) in [6.07, 6.45) is 0. The topological polar surface area (TPSA) is 76.4 Å². The van der Waals surface area contributed by atoms with Crippen LogP contribution in [0.4, 0.5) is 22.7 Å². The molecule has 0 saturated carbocycles. The molecule has 3 rings (SSSR count). The van der Waals surface area contributed by atoms with Crippen LogP contribution >= 0.6 is 15.9 Å². The van der Waals surface area contributed by atoms with Crippen LogP contribution in [-0.2, 0) is 4.79 Å². The average Bonchev–Trinajstić information content (AvgIpc) is 2.40. The quantitative estimate of drug-likeness (QED) is 0.738. The van der Waals surface area contributed by atoms with E-state index >= 15 is 0 Å². The van der Waals surface area contributed by atoms with Gasteiger partial charge in [0.1, 0.15) is 5.75 Å². The van der Waals surface area contributed by atoms with E-state index in [9.17, 15) is 4.79 Å². The summed E-state index contributed by atoms with van der Waals surface area (Å²) in [6, 6.07) is 11.2. The Hall–Kier alpha value is -2.21. The number of hydrogen-bond acceptors (Lipinski definition) is 4. The third-order valence-corrected chi connectivity index (χ3v) is 3.38. The fraction of sp³-hybridized carbons (Fsp3) is 0.0714. The van der Waals surface area contributed by atoms with Gasteiger partial charge in [0.15, 0.2) is 6.61 Å². The highest BCUT2D eigenvalue weighted by Gasteiger charge is 2.17. The molecule has 0 radical (unpaired) electrons. The number of nitrogens with one attached hydrogen (secondary N) is 2. The third kappa shape index (κ3) is 2.55. The van der Waals surface area contributed by atoms with Crippen molar-refractivity contribution in [2.45, 2.75) is 0 Å². The van der Waals surface area contributed by atoms with Crippen molar-refractivity contribution < 1.29 is 9.53 Å². The van der Waals surface area contributed by atoms with Gasteiger partial charge in [-0.1, -0.05) is 22.0 Å². The highest BCUT2D eigenvalue weighted by Crippen LogP contribution is 2.36. The Morgan fingerprint density at radius 3 is 2.95 bits per heavy atom. The number of rotatable bonds is 2. The van der Waals surface area contributed by atoms with E-state index in [4.69, 9.17) is 10.5 Å². The van der Waals surface area contributed by atoms with Crippen LogP contribution in [0.1, 0.15) is 0 Å². The van der Waals surface area contributed by atoms with E-state index in [0.29, 0.717) is 22.8 Å². The highest BCUT2D eigenvalue weighted by molar-refractivity contribution is 9.10. The molecule has 4 N–H and O–H groups in total. The van der Waals surface area contributed by atoms with Gasteiger partial charge in [-0.15, -0.1) is 0 Å². The largest absolute Gasteiger partial charge is 0.482 e. The first-order valence-corrected chi connectivity index (χ1v) is 6.80. The normalized spacial score (nSPS) is 13.2. The zero-order valence-electron chi connectivity index (χ0n) is 10.4. The minimum atomic E-state index is -0.171.